The summed E-state index contributed by atoms with van der Waals surface area (Å²) in [7, 11) is 3.15. The van der Waals surface area contributed by atoms with Gasteiger partial charge in [0.05, 0.1) is 25.8 Å². The van der Waals surface area contributed by atoms with Gasteiger partial charge in [-0.1, -0.05) is 29.8 Å². The molecule has 0 aliphatic carbocycles. The number of carbonyl (C=O) groups excluding carboxylic acids is 2. The van der Waals surface area contributed by atoms with Gasteiger partial charge < -0.3 is 24.6 Å². The molecule has 0 aliphatic heterocycles. The first-order valence-electron chi connectivity index (χ1n) is 11.5. The van der Waals surface area contributed by atoms with E-state index < -0.39 is 11.8 Å². The second-order valence-corrected chi connectivity index (χ2v) is 9.50. The first-order chi connectivity index (χ1) is 17.8. The van der Waals surface area contributed by atoms with E-state index in [9.17, 15) is 14.0 Å². The Bertz CT molecular complexity index is 1220. The predicted octanol–water partition coefficient (Wildman–Crippen LogP) is 5.85. The Morgan fingerprint density at radius 3 is 2.54 bits per heavy atom. The number of nitrogens with zero attached hydrogens (tertiary/aromatic N) is 2. The zero-order chi connectivity index (χ0) is 26.8. The van der Waals surface area contributed by atoms with Crippen molar-refractivity contribution < 1.29 is 23.5 Å². The van der Waals surface area contributed by atoms with Crippen molar-refractivity contribution >= 4 is 40.6 Å². The number of urea groups is 1. The van der Waals surface area contributed by atoms with Crippen LogP contribution in [0.2, 0.25) is 5.02 Å². The molecule has 1 aromatic heterocycles. The highest BCUT2D eigenvalue weighted by Crippen LogP contribution is 2.28. The number of nitrogens with one attached hydrogen (secondary N) is 1. The van der Waals surface area contributed by atoms with Crippen molar-refractivity contribution in [3.63, 3.8) is 0 Å². The van der Waals surface area contributed by atoms with Gasteiger partial charge in [0.1, 0.15) is 12.4 Å². The van der Waals surface area contributed by atoms with E-state index in [2.05, 4.69) is 11.9 Å². The number of rotatable bonds is 12. The Hall–Kier alpha value is -3.56. The zero-order valence-electron chi connectivity index (χ0n) is 20.7. The molecule has 0 bridgehead atoms. The molecule has 0 unspecified atom stereocenters. The molecule has 0 fully saturated rings. The molecule has 0 aliphatic rings. The van der Waals surface area contributed by atoms with Gasteiger partial charge in [-0.3, -0.25) is 4.79 Å². The van der Waals surface area contributed by atoms with Crippen LogP contribution in [0.5, 0.6) is 11.5 Å². The molecule has 3 rings (SSSR count). The summed E-state index contributed by atoms with van der Waals surface area (Å²) < 4.78 is 24.2. The third-order valence-corrected chi connectivity index (χ3v) is 6.68. The Labute approximate surface area is 225 Å². The summed E-state index contributed by atoms with van der Waals surface area (Å²) in [6.45, 7) is 4.53. The van der Waals surface area contributed by atoms with Gasteiger partial charge in [0.2, 0.25) is 5.91 Å². The first kappa shape index (κ1) is 28.0. The van der Waals surface area contributed by atoms with Gasteiger partial charge in [0.25, 0.3) is 0 Å². The highest BCUT2D eigenvalue weighted by Gasteiger charge is 2.22. The summed E-state index contributed by atoms with van der Waals surface area (Å²) >= 11 is 7.38. The van der Waals surface area contributed by atoms with E-state index in [4.69, 9.17) is 21.1 Å². The van der Waals surface area contributed by atoms with Crippen molar-refractivity contribution in [3.05, 3.63) is 87.8 Å². The van der Waals surface area contributed by atoms with Gasteiger partial charge in [0.15, 0.2) is 11.5 Å². The van der Waals surface area contributed by atoms with Gasteiger partial charge in [-0.2, -0.15) is 0 Å². The highest BCUT2D eigenvalue weighted by atomic mass is 35.5. The zero-order valence-corrected chi connectivity index (χ0v) is 22.3. The fraction of sp³-hybridized carbons (Fsp3) is 0.259. The summed E-state index contributed by atoms with van der Waals surface area (Å²) in [5.41, 5.74) is 1.30. The monoisotopic (exact) mass is 545 g/mol. The topological polar surface area (TPSA) is 71.1 Å². The average molecular weight is 546 g/mol. The minimum Gasteiger partial charge on any atom is -0.493 e. The van der Waals surface area contributed by atoms with E-state index in [-0.39, 0.29) is 24.0 Å². The smallest absolute Gasteiger partial charge is 0.322 e. The Morgan fingerprint density at radius 2 is 1.89 bits per heavy atom. The molecular weight excluding hydrogens is 517 g/mol. The van der Waals surface area contributed by atoms with E-state index in [1.165, 1.54) is 23.1 Å². The maximum atomic E-state index is 13.5. The van der Waals surface area contributed by atoms with Crippen molar-refractivity contribution in [1.29, 1.82) is 0 Å². The Kier molecular flexibility index (Phi) is 10.3. The quantitative estimate of drug-likeness (QED) is 0.290. The number of halogens is 2. The minimum atomic E-state index is -0.587. The van der Waals surface area contributed by atoms with Crippen LogP contribution in [0.1, 0.15) is 10.4 Å². The SMILES string of the molecule is C=CCN(CC(=O)N(CCc1ccc(OC)c(OC)c1)Cc1cccs1)C(=O)Nc1ccc(F)c(Cl)c1. The molecule has 3 aromatic rings. The third-order valence-electron chi connectivity index (χ3n) is 5.53. The molecule has 7 nitrogen and oxygen atoms in total. The number of hydrogen-bond acceptors (Lipinski definition) is 5. The van der Waals surface area contributed by atoms with Crippen LogP contribution in [-0.2, 0) is 17.8 Å². The van der Waals surface area contributed by atoms with Crippen molar-refractivity contribution in [2.45, 2.75) is 13.0 Å². The fourth-order valence-electron chi connectivity index (χ4n) is 3.60. The maximum absolute atomic E-state index is 13.5. The number of anilines is 1. The van der Waals surface area contributed by atoms with E-state index in [1.807, 2.05) is 35.7 Å². The van der Waals surface area contributed by atoms with Crippen LogP contribution in [0.3, 0.4) is 0 Å². The van der Waals surface area contributed by atoms with Gasteiger partial charge >= 0.3 is 6.03 Å². The van der Waals surface area contributed by atoms with Crippen LogP contribution >= 0.6 is 22.9 Å². The van der Waals surface area contributed by atoms with Crippen molar-refractivity contribution in [1.82, 2.24) is 9.80 Å². The van der Waals surface area contributed by atoms with Crippen LogP contribution in [0.4, 0.5) is 14.9 Å². The lowest BCUT2D eigenvalue weighted by Gasteiger charge is -2.27. The molecule has 37 heavy (non-hydrogen) atoms. The molecule has 0 spiro atoms. The van der Waals surface area contributed by atoms with Gasteiger partial charge in [-0.05, 0) is 53.8 Å². The number of thiophene rings is 1. The number of amides is 3. The number of hydrogen-bond donors (Lipinski definition) is 1. The second kappa shape index (κ2) is 13.7. The molecule has 1 N–H and O–H groups in total. The van der Waals surface area contributed by atoms with E-state index in [1.54, 1.807) is 30.5 Å². The van der Waals surface area contributed by atoms with Crippen LogP contribution < -0.4 is 14.8 Å². The van der Waals surface area contributed by atoms with E-state index in [0.717, 1.165) is 16.5 Å². The molecule has 0 atom stereocenters. The van der Waals surface area contributed by atoms with E-state index in [0.29, 0.717) is 36.7 Å². The summed E-state index contributed by atoms with van der Waals surface area (Å²) in [6.07, 6.45) is 2.12. The lowest BCUT2D eigenvalue weighted by atomic mass is 10.1. The first-order valence-corrected chi connectivity index (χ1v) is 12.7. The highest BCUT2D eigenvalue weighted by molar-refractivity contribution is 7.09. The lowest BCUT2D eigenvalue weighted by molar-refractivity contribution is -0.132. The van der Waals surface area contributed by atoms with Crippen LogP contribution in [0.15, 0.2) is 66.6 Å². The standard InChI is InChI=1S/C27H29ClFN3O4S/c1-4-12-32(27(34)30-20-8-9-23(29)22(28)16-20)18-26(33)31(17-21-6-5-14-37-21)13-11-19-7-10-24(35-2)25(15-19)36-3/h4-10,14-16H,1,11-13,17-18H2,2-3H3,(H,30,34). The molecular formula is C27H29ClFN3O4S. The van der Waals surface area contributed by atoms with Crippen molar-refractivity contribution in [2.24, 2.45) is 0 Å². The maximum Gasteiger partial charge on any atom is 0.322 e. The minimum absolute atomic E-state index is 0.110. The van der Waals surface area contributed by atoms with Crippen LogP contribution in [0, 0.1) is 5.82 Å². The number of benzene rings is 2. The Balaban J connectivity index is 1.73. The van der Waals surface area contributed by atoms with Gasteiger partial charge in [-0.25, -0.2) is 9.18 Å². The summed E-state index contributed by atoms with van der Waals surface area (Å²) in [6, 6.07) is 12.9. The summed E-state index contributed by atoms with van der Waals surface area (Å²) in [5.74, 6) is 0.441. The van der Waals surface area contributed by atoms with Crippen LogP contribution in [-0.4, -0.2) is 55.6 Å². The molecule has 0 radical (unpaired) electrons. The lowest BCUT2D eigenvalue weighted by Crippen LogP contribution is -2.44. The predicted molar refractivity (Wildman–Crippen MR) is 145 cm³/mol. The van der Waals surface area contributed by atoms with Gasteiger partial charge in [0, 0.05) is 23.7 Å². The summed E-state index contributed by atoms with van der Waals surface area (Å²) in [5, 5.41) is 4.51. The summed E-state index contributed by atoms with van der Waals surface area (Å²) in [4.78, 5) is 30.4. The average Bonchev–Trinajstić information content (AvgIpc) is 3.41. The second-order valence-electron chi connectivity index (χ2n) is 8.06. The van der Waals surface area contributed by atoms with E-state index >= 15 is 0 Å². The molecule has 2 aromatic carbocycles. The molecule has 196 valence electrons. The Morgan fingerprint density at radius 1 is 1.11 bits per heavy atom. The molecule has 3 amide bonds. The fourth-order valence-corrected chi connectivity index (χ4v) is 4.50. The normalized spacial score (nSPS) is 10.5. The number of carbonyl (C=O) groups is 2. The molecule has 0 saturated heterocycles. The van der Waals surface area contributed by atoms with Crippen molar-refractivity contribution in [3.8, 4) is 11.5 Å². The number of methoxy groups -OCH3 is 2. The number of ether oxygens (including phenoxy) is 2. The molecule has 10 heteroatoms. The van der Waals surface area contributed by atoms with Gasteiger partial charge in [-0.15, -0.1) is 17.9 Å². The third kappa shape index (κ3) is 7.96. The van der Waals surface area contributed by atoms with Crippen molar-refractivity contribution in [2.75, 3.05) is 39.2 Å². The molecule has 0 saturated carbocycles. The largest absolute Gasteiger partial charge is 0.493 e. The molecule has 1 heterocycles. The van der Waals surface area contributed by atoms with Crippen LogP contribution in [0.25, 0.3) is 0 Å².